The molecule has 0 radical (unpaired) electrons. The highest BCUT2D eigenvalue weighted by molar-refractivity contribution is 5.77. The summed E-state index contributed by atoms with van der Waals surface area (Å²) < 4.78 is 5.14. The molecule has 0 aliphatic carbocycles. The fourth-order valence-electron chi connectivity index (χ4n) is 2.86. The van der Waals surface area contributed by atoms with Gasteiger partial charge in [0, 0.05) is 32.2 Å². The summed E-state index contributed by atoms with van der Waals surface area (Å²) in [6.45, 7) is 6.70. The van der Waals surface area contributed by atoms with Crippen molar-refractivity contribution in [2.24, 2.45) is 0 Å². The van der Waals surface area contributed by atoms with E-state index in [1.165, 1.54) is 12.8 Å². The van der Waals surface area contributed by atoms with E-state index in [9.17, 15) is 4.79 Å². The predicted octanol–water partition coefficient (Wildman–Crippen LogP) is 2.18. The molecule has 0 aromatic rings. The lowest BCUT2D eigenvalue weighted by Crippen LogP contribution is -2.45. The lowest BCUT2D eigenvalue weighted by atomic mass is 10.0. The largest absolute Gasteiger partial charge is 0.383 e. The lowest BCUT2D eigenvalue weighted by molar-refractivity contribution is -0.135. The van der Waals surface area contributed by atoms with Crippen LogP contribution in [0.3, 0.4) is 0 Å². The van der Waals surface area contributed by atoms with Crippen LogP contribution in [-0.2, 0) is 9.53 Å². The third kappa shape index (κ3) is 5.49. The molecule has 1 fully saturated rings. The van der Waals surface area contributed by atoms with Crippen LogP contribution in [0.1, 0.15) is 52.4 Å². The molecule has 1 saturated heterocycles. The third-order valence-electron chi connectivity index (χ3n) is 4.07. The van der Waals surface area contributed by atoms with Gasteiger partial charge in [0.25, 0.3) is 0 Å². The predicted molar refractivity (Wildman–Crippen MR) is 78.2 cm³/mol. The van der Waals surface area contributed by atoms with Crippen molar-refractivity contribution in [1.29, 1.82) is 0 Å². The number of amides is 1. The molecule has 1 aliphatic heterocycles. The average Bonchev–Trinajstić information content (AvgIpc) is 2.44. The van der Waals surface area contributed by atoms with E-state index in [1.807, 2.05) is 4.90 Å². The number of carbonyl (C=O) groups is 1. The Kier molecular flexibility index (Phi) is 8.07. The van der Waals surface area contributed by atoms with Crippen molar-refractivity contribution in [2.75, 3.05) is 26.8 Å². The van der Waals surface area contributed by atoms with Crippen LogP contribution < -0.4 is 5.32 Å². The third-order valence-corrected chi connectivity index (χ3v) is 4.07. The van der Waals surface area contributed by atoms with E-state index < -0.39 is 0 Å². The molecule has 0 bridgehead atoms. The van der Waals surface area contributed by atoms with Crippen LogP contribution in [0.2, 0.25) is 0 Å². The zero-order chi connectivity index (χ0) is 14.1. The first-order chi connectivity index (χ1) is 9.22. The molecule has 112 valence electrons. The Balaban J connectivity index is 2.53. The molecule has 1 atom stereocenters. The van der Waals surface area contributed by atoms with Gasteiger partial charge in [-0.15, -0.1) is 0 Å². The first-order valence-corrected chi connectivity index (χ1v) is 7.74. The fourth-order valence-corrected chi connectivity index (χ4v) is 2.86. The van der Waals surface area contributed by atoms with Crippen LogP contribution in [0, 0.1) is 0 Å². The van der Waals surface area contributed by atoms with Gasteiger partial charge in [-0.05, 0) is 32.2 Å². The van der Waals surface area contributed by atoms with E-state index in [0.717, 1.165) is 25.8 Å². The Morgan fingerprint density at radius 3 is 2.63 bits per heavy atom. The molecule has 1 heterocycles. The van der Waals surface area contributed by atoms with Gasteiger partial charge in [-0.25, -0.2) is 0 Å². The van der Waals surface area contributed by atoms with Crippen molar-refractivity contribution in [3.05, 3.63) is 0 Å². The van der Waals surface area contributed by atoms with Crippen LogP contribution in [0.25, 0.3) is 0 Å². The Bertz CT molecular complexity index is 249. The summed E-state index contributed by atoms with van der Waals surface area (Å²) in [7, 11) is 1.69. The molecule has 0 aromatic carbocycles. The number of methoxy groups -OCH3 is 1. The molecule has 1 rings (SSSR count). The van der Waals surface area contributed by atoms with Crippen molar-refractivity contribution in [3.8, 4) is 0 Å². The second-order valence-electron chi connectivity index (χ2n) is 5.40. The van der Waals surface area contributed by atoms with Gasteiger partial charge in [0.2, 0.25) is 5.91 Å². The topological polar surface area (TPSA) is 41.6 Å². The standard InChI is InChI=1S/C15H30N2O2/c1-4-14(5-2)17(10-11-19-3)15(18)12-13-8-6-7-9-16-13/h13-14,16H,4-12H2,1-3H3. The van der Waals surface area contributed by atoms with E-state index in [-0.39, 0.29) is 5.91 Å². The van der Waals surface area contributed by atoms with Gasteiger partial charge in [-0.3, -0.25) is 4.79 Å². The van der Waals surface area contributed by atoms with E-state index in [1.54, 1.807) is 7.11 Å². The van der Waals surface area contributed by atoms with Gasteiger partial charge in [0.15, 0.2) is 0 Å². The summed E-state index contributed by atoms with van der Waals surface area (Å²) >= 11 is 0. The van der Waals surface area contributed by atoms with Gasteiger partial charge < -0.3 is 15.0 Å². The Morgan fingerprint density at radius 2 is 2.11 bits per heavy atom. The van der Waals surface area contributed by atoms with Crippen molar-refractivity contribution >= 4 is 5.91 Å². The van der Waals surface area contributed by atoms with Gasteiger partial charge in [0.1, 0.15) is 0 Å². The quantitative estimate of drug-likeness (QED) is 0.735. The average molecular weight is 270 g/mol. The number of ether oxygens (including phenoxy) is 1. The summed E-state index contributed by atoms with van der Waals surface area (Å²) in [5.41, 5.74) is 0. The molecule has 1 aliphatic rings. The summed E-state index contributed by atoms with van der Waals surface area (Å²) in [6, 6.07) is 0.729. The van der Waals surface area contributed by atoms with Crippen molar-refractivity contribution in [1.82, 2.24) is 10.2 Å². The molecular formula is C15H30N2O2. The molecule has 1 N–H and O–H groups in total. The van der Waals surface area contributed by atoms with Crippen molar-refractivity contribution < 1.29 is 9.53 Å². The number of nitrogens with one attached hydrogen (secondary N) is 1. The highest BCUT2D eigenvalue weighted by Crippen LogP contribution is 2.15. The molecule has 0 saturated carbocycles. The summed E-state index contributed by atoms with van der Waals surface area (Å²) in [6.07, 6.45) is 6.29. The minimum absolute atomic E-state index is 0.283. The maximum atomic E-state index is 12.5. The van der Waals surface area contributed by atoms with Gasteiger partial charge in [-0.1, -0.05) is 20.3 Å². The van der Waals surface area contributed by atoms with Crippen LogP contribution in [0.15, 0.2) is 0 Å². The van der Waals surface area contributed by atoms with E-state index in [0.29, 0.717) is 31.7 Å². The fraction of sp³-hybridized carbons (Fsp3) is 0.933. The van der Waals surface area contributed by atoms with Crippen molar-refractivity contribution in [3.63, 3.8) is 0 Å². The molecule has 1 amide bonds. The highest BCUT2D eigenvalue weighted by Gasteiger charge is 2.24. The normalized spacial score (nSPS) is 19.7. The number of hydrogen-bond acceptors (Lipinski definition) is 3. The maximum absolute atomic E-state index is 12.5. The molecule has 4 nitrogen and oxygen atoms in total. The minimum Gasteiger partial charge on any atom is -0.383 e. The van der Waals surface area contributed by atoms with E-state index in [4.69, 9.17) is 4.74 Å². The van der Waals surface area contributed by atoms with E-state index in [2.05, 4.69) is 19.2 Å². The summed E-state index contributed by atoms with van der Waals surface area (Å²) in [5.74, 6) is 0.283. The van der Waals surface area contributed by atoms with Crippen molar-refractivity contribution in [2.45, 2.75) is 64.5 Å². The zero-order valence-electron chi connectivity index (χ0n) is 12.8. The molecule has 0 aromatic heterocycles. The van der Waals surface area contributed by atoms with Gasteiger partial charge >= 0.3 is 0 Å². The minimum atomic E-state index is 0.283. The molecular weight excluding hydrogens is 240 g/mol. The summed E-state index contributed by atoms with van der Waals surface area (Å²) in [4.78, 5) is 14.5. The number of carbonyl (C=O) groups excluding carboxylic acids is 1. The maximum Gasteiger partial charge on any atom is 0.224 e. The van der Waals surface area contributed by atoms with Crippen LogP contribution >= 0.6 is 0 Å². The number of piperidine rings is 1. The number of rotatable bonds is 8. The lowest BCUT2D eigenvalue weighted by Gasteiger charge is -2.32. The van der Waals surface area contributed by atoms with Gasteiger partial charge in [-0.2, -0.15) is 0 Å². The zero-order valence-corrected chi connectivity index (χ0v) is 12.8. The molecule has 0 spiro atoms. The first kappa shape index (κ1) is 16.4. The van der Waals surface area contributed by atoms with Crippen LogP contribution in [0.4, 0.5) is 0 Å². The Labute approximate surface area is 117 Å². The second kappa shape index (κ2) is 9.32. The first-order valence-electron chi connectivity index (χ1n) is 7.74. The molecule has 1 unspecified atom stereocenters. The van der Waals surface area contributed by atoms with Crippen LogP contribution in [-0.4, -0.2) is 49.7 Å². The van der Waals surface area contributed by atoms with Crippen LogP contribution in [0.5, 0.6) is 0 Å². The molecule has 4 heteroatoms. The smallest absolute Gasteiger partial charge is 0.224 e. The van der Waals surface area contributed by atoms with Gasteiger partial charge in [0.05, 0.1) is 6.61 Å². The highest BCUT2D eigenvalue weighted by atomic mass is 16.5. The van der Waals surface area contributed by atoms with E-state index >= 15 is 0 Å². The second-order valence-corrected chi connectivity index (χ2v) is 5.40. The Hall–Kier alpha value is -0.610. The number of nitrogens with zero attached hydrogens (tertiary/aromatic N) is 1. The molecule has 19 heavy (non-hydrogen) atoms. The summed E-state index contributed by atoms with van der Waals surface area (Å²) in [5, 5.41) is 3.46. The monoisotopic (exact) mass is 270 g/mol. The Morgan fingerprint density at radius 1 is 1.37 bits per heavy atom. The SMILES string of the molecule is CCC(CC)N(CCOC)C(=O)CC1CCCCN1. The number of hydrogen-bond donors (Lipinski definition) is 1.